The summed E-state index contributed by atoms with van der Waals surface area (Å²) in [6, 6.07) is 1.94. The van der Waals surface area contributed by atoms with Crippen molar-refractivity contribution in [2.45, 2.75) is 19.0 Å². The van der Waals surface area contributed by atoms with Crippen LogP contribution in [0.4, 0.5) is 18.9 Å². The number of nitrogens with two attached hydrogens (primary N) is 1. The number of nitro benzene ring substituents is 1. The summed E-state index contributed by atoms with van der Waals surface area (Å²) in [5, 5.41) is 10.9. The summed E-state index contributed by atoms with van der Waals surface area (Å²) in [7, 11) is 0. The van der Waals surface area contributed by atoms with E-state index in [0.717, 1.165) is 6.07 Å². The van der Waals surface area contributed by atoms with Gasteiger partial charge in [-0.15, -0.1) is 0 Å². The highest BCUT2D eigenvalue weighted by atomic mass is 19.4. The summed E-state index contributed by atoms with van der Waals surface area (Å²) in [6.45, 7) is 1.25. The number of nitro groups is 1. The standard InChI is InChI=1S/C12H13F3N2O4/c1-2-21-11(18)9(6-16)8-4-3-7(12(13,14)15)5-10(8)17(19)20/h3-5,9H,2,6,16H2,1H3. The average molecular weight is 306 g/mol. The van der Waals surface area contributed by atoms with Crippen LogP contribution in [0.3, 0.4) is 0 Å². The first kappa shape index (κ1) is 16.9. The Morgan fingerprint density at radius 2 is 2.10 bits per heavy atom. The third-order valence-electron chi connectivity index (χ3n) is 2.74. The van der Waals surface area contributed by atoms with Gasteiger partial charge in [-0.3, -0.25) is 14.9 Å². The molecule has 1 aromatic rings. The molecule has 1 atom stereocenters. The Morgan fingerprint density at radius 3 is 2.52 bits per heavy atom. The second kappa shape index (κ2) is 6.53. The van der Waals surface area contributed by atoms with E-state index in [1.54, 1.807) is 0 Å². The molecule has 0 aliphatic carbocycles. The van der Waals surface area contributed by atoms with Crippen LogP contribution < -0.4 is 5.73 Å². The monoisotopic (exact) mass is 306 g/mol. The maximum atomic E-state index is 12.6. The molecule has 116 valence electrons. The zero-order valence-corrected chi connectivity index (χ0v) is 11.0. The lowest BCUT2D eigenvalue weighted by Gasteiger charge is -2.15. The van der Waals surface area contributed by atoms with E-state index in [-0.39, 0.29) is 18.7 Å². The summed E-state index contributed by atoms with van der Waals surface area (Å²) in [6.07, 6.45) is -4.72. The minimum atomic E-state index is -4.72. The first-order valence-corrected chi connectivity index (χ1v) is 5.94. The molecule has 0 radical (unpaired) electrons. The third kappa shape index (κ3) is 3.91. The predicted octanol–water partition coefficient (Wildman–Crippen LogP) is 2.22. The van der Waals surface area contributed by atoms with Gasteiger partial charge in [0.05, 0.1) is 17.1 Å². The van der Waals surface area contributed by atoms with Gasteiger partial charge in [-0.25, -0.2) is 0 Å². The number of carbonyl (C=O) groups is 1. The highest BCUT2D eigenvalue weighted by molar-refractivity contribution is 5.80. The lowest BCUT2D eigenvalue weighted by molar-refractivity contribution is -0.385. The number of nitrogens with zero attached hydrogens (tertiary/aromatic N) is 1. The number of esters is 1. The van der Waals surface area contributed by atoms with E-state index in [0.29, 0.717) is 12.1 Å². The Hall–Kier alpha value is -2.16. The smallest absolute Gasteiger partial charge is 0.416 e. The van der Waals surface area contributed by atoms with Crippen LogP contribution in [0, 0.1) is 10.1 Å². The Bertz CT molecular complexity index is 546. The van der Waals surface area contributed by atoms with Crippen LogP contribution in [0.1, 0.15) is 24.0 Å². The second-order valence-electron chi connectivity index (χ2n) is 4.07. The fourth-order valence-corrected chi connectivity index (χ4v) is 1.77. The normalized spacial score (nSPS) is 12.8. The predicted molar refractivity (Wildman–Crippen MR) is 66.5 cm³/mol. The van der Waals surface area contributed by atoms with Gasteiger partial charge in [0.15, 0.2) is 0 Å². The molecule has 1 rings (SSSR count). The summed E-state index contributed by atoms with van der Waals surface area (Å²) in [5.41, 5.74) is 3.20. The van der Waals surface area contributed by atoms with Crippen molar-refractivity contribution in [1.29, 1.82) is 0 Å². The number of carbonyl (C=O) groups excluding carboxylic acids is 1. The Morgan fingerprint density at radius 1 is 1.48 bits per heavy atom. The van der Waals surface area contributed by atoms with Gasteiger partial charge in [0.25, 0.3) is 5.69 Å². The molecule has 0 heterocycles. The molecule has 2 N–H and O–H groups in total. The Kier molecular flexibility index (Phi) is 5.25. The molecule has 0 spiro atoms. The van der Waals surface area contributed by atoms with Gasteiger partial charge in [-0.2, -0.15) is 13.2 Å². The van der Waals surface area contributed by atoms with Gasteiger partial charge >= 0.3 is 12.1 Å². The largest absolute Gasteiger partial charge is 0.465 e. The van der Waals surface area contributed by atoms with Crippen LogP contribution in [0.2, 0.25) is 0 Å². The highest BCUT2D eigenvalue weighted by Crippen LogP contribution is 2.35. The SMILES string of the molecule is CCOC(=O)C(CN)c1ccc(C(F)(F)F)cc1[N+](=O)[O-]. The molecule has 6 nitrogen and oxygen atoms in total. The summed E-state index contributed by atoms with van der Waals surface area (Å²) in [5.74, 6) is -2.00. The van der Waals surface area contributed by atoms with Gasteiger partial charge < -0.3 is 10.5 Å². The van der Waals surface area contributed by atoms with Crippen molar-refractivity contribution in [3.8, 4) is 0 Å². The molecule has 1 aromatic carbocycles. The van der Waals surface area contributed by atoms with E-state index < -0.39 is 34.2 Å². The molecule has 0 bridgehead atoms. The Labute approximate surface area is 117 Å². The van der Waals surface area contributed by atoms with Crippen molar-refractivity contribution in [1.82, 2.24) is 0 Å². The first-order valence-electron chi connectivity index (χ1n) is 5.94. The van der Waals surface area contributed by atoms with Crippen molar-refractivity contribution in [3.63, 3.8) is 0 Å². The number of benzene rings is 1. The van der Waals surface area contributed by atoms with Crippen LogP contribution >= 0.6 is 0 Å². The summed E-state index contributed by atoms with van der Waals surface area (Å²) in [4.78, 5) is 21.7. The number of halogens is 3. The quantitative estimate of drug-likeness (QED) is 0.511. The van der Waals surface area contributed by atoms with Crippen molar-refractivity contribution in [3.05, 3.63) is 39.4 Å². The van der Waals surface area contributed by atoms with Crippen LogP contribution in [0.15, 0.2) is 18.2 Å². The van der Waals surface area contributed by atoms with E-state index >= 15 is 0 Å². The molecule has 1 unspecified atom stereocenters. The molecular weight excluding hydrogens is 293 g/mol. The number of ether oxygens (including phenoxy) is 1. The van der Waals surface area contributed by atoms with Gasteiger partial charge in [-0.05, 0) is 13.0 Å². The van der Waals surface area contributed by atoms with E-state index in [2.05, 4.69) is 0 Å². The van der Waals surface area contributed by atoms with Crippen molar-refractivity contribution in [2.24, 2.45) is 5.73 Å². The molecular formula is C12H13F3N2O4. The van der Waals surface area contributed by atoms with E-state index in [1.807, 2.05) is 0 Å². The minimum Gasteiger partial charge on any atom is -0.465 e. The highest BCUT2D eigenvalue weighted by Gasteiger charge is 2.35. The van der Waals surface area contributed by atoms with Crippen LogP contribution in [0.25, 0.3) is 0 Å². The minimum absolute atomic E-state index is 0.0315. The first-order chi connectivity index (χ1) is 9.72. The zero-order valence-electron chi connectivity index (χ0n) is 11.0. The maximum Gasteiger partial charge on any atom is 0.416 e. The Balaban J connectivity index is 3.35. The van der Waals surface area contributed by atoms with E-state index in [1.165, 1.54) is 6.92 Å². The van der Waals surface area contributed by atoms with Gasteiger partial charge in [0.1, 0.15) is 5.92 Å². The lowest BCUT2D eigenvalue weighted by Crippen LogP contribution is -2.24. The summed E-state index contributed by atoms with van der Waals surface area (Å²) < 4.78 is 42.5. The molecule has 0 aliphatic heterocycles. The molecule has 0 saturated carbocycles. The van der Waals surface area contributed by atoms with Gasteiger partial charge in [-0.1, -0.05) is 6.07 Å². The van der Waals surface area contributed by atoms with Crippen LogP contribution in [-0.2, 0) is 15.7 Å². The lowest BCUT2D eigenvalue weighted by atomic mass is 9.96. The van der Waals surface area contributed by atoms with Crippen LogP contribution in [0.5, 0.6) is 0 Å². The third-order valence-corrected chi connectivity index (χ3v) is 2.74. The molecule has 9 heteroatoms. The molecule has 0 aliphatic rings. The van der Waals surface area contributed by atoms with Crippen molar-refractivity contribution < 1.29 is 27.6 Å². The average Bonchev–Trinajstić information content (AvgIpc) is 2.38. The molecule has 0 fully saturated rings. The molecule has 0 saturated heterocycles. The van der Waals surface area contributed by atoms with E-state index in [4.69, 9.17) is 10.5 Å². The second-order valence-corrected chi connectivity index (χ2v) is 4.07. The number of rotatable bonds is 5. The van der Waals surface area contributed by atoms with Crippen LogP contribution in [-0.4, -0.2) is 24.0 Å². The fourth-order valence-electron chi connectivity index (χ4n) is 1.77. The number of hydrogen-bond acceptors (Lipinski definition) is 5. The van der Waals surface area contributed by atoms with Gasteiger partial charge in [0.2, 0.25) is 0 Å². The zero-order chi connectivity index (χ0) is 16.2. The van der Waals surface area contributed by atoms with E-state index in [9.17, 15) is 28.1 Å². The maximum absolute atomic E-state index is 12.6. The summed E-state index contributed by atoms with van der Waals surface area (Å²) >= 11 is 0. The van der Waals surface area contributed by atoms with Crippen molar-refractivity contribution >= 4 is 11.7 Å². The number of alkyl halides is 3. The molecule has 0 aromatic heterocycles. The topological polar surface area (TPSA) is 95.5 Å². The van der Waals surface area contributed by atoms with Crippen molar-refractivity contribution in [2.75, 3.05) is 13.2 Å². The fraction of sp³-hybridized carbons (Fsp3) is 0.417. The van der Waals surface area contributed by atoms with Gasteiger partial charge in [0, 0.05) is 18.2 Å². The molecule has 0 amide bonds. The number of hydrogen-bond donors (Lipinski definition) is 1. The molecule has 21 heavy (non-hydrogen) atoms.